The molecule has 4 heteroatoms. The summed E-state index contributed by atoms with van der Waals surface area (Å²) in [4.78, 5) is 4.66. The van der Waals surface area contributed by atoms with Gasteiger partial charge >= 0.3 is 0 Å². The quantitative estimate of drug-likeness (QED) is 0.892. The zero-order chi connectivity index (χ0) is 13.8. The van der Waals surface area contributed by atoms with Crippen LogP contribution in [0.25, 0.3) is 0 Å². The van der Waals surface area contributed by atoms with E-state index >= 15 is 0 Å². The first kappa shape index (κ1) is 13.9. The first-order valence-electron chi connectivity index (χ1n) is 6.77. The van der Waals surface area contributed by atoms with Gasteiger partial charge in [-0.25, -0.2) is 0 Å². The van der Waals surface area contributed by atoms with E-state index in [2.05, 4.69) is 22.8 Å². The van der Waals surface area contributed by atoms with Crippen molar-refractivity contribution in [3.8, 4) is 6.07 Å². The van der Waals surface area contributed by atoms with Crippen LogP contribution in [0.4, 0.5) is 5.69 Å². The molecule has 0 radical (unpaired) electrons. The number of anilines is 1. The molecule has 1 aromatic carbocycles. The Labute approximate surface area is 114 Å². The maximum Gasteiger partial charge on any atom is 0.0991 e. The van der Waals surface area contributed by atoms with E-state index in [1.165, 1.54) is 5.69 Å². The minimum atomic E-state index is -0.270. The van der Waals surface area contributed by atoms with E-state index in [1.54, 1.807) is 0 Å². The minimum absolute atomic E-state index is 0.270. The van der Waals surface area contributed by atoms with Crippen molar-refractivity contribution in [3.63, 3.8) is 0 Å². The Morgan fingerprint density at radius 1 is 1.37 bits per heavy atom. The molecule has 1 fully saturated rings. The van der Waals surface area contributed by atoms with E-state index < -0.39 is 0 Å². The minimum Gasteiger partial charge on any atom is -0.392 e. The second-order valence-corrected chi connectivity index (χ2v) is 5.31. The third kappa shape index (κ3) is 3.46. The van der Waals surface area contributed by atoms with Gasteiger partial charge < -0.3 is 10.0 Å². The average Bonchev–Trinajstić information content (AvgIpc) is 2.38. The van der Waals surface area contributed by atoms with Crippen LogP contribution < -0.4 is 4.90 Å². The molecule has 102 valence electrons. The Balaban J connectivity index is 2.01. The van der Waals surface area contributed by atoms with Gasteiger partial charge in [-0.05, 0) is 38.1 Å². The van der Waals surface area contributed by atoms with Crippen molar-refractivity contribution in [1.29, 1.82) is 5.26 Å². The highest BCUT2D eigenvalue weighted by Crippen LogP contribution is 2.21. The second-order valence-electron chi connectivity index (χ2n) is 5.31. The molecule has 0 spiro atoms. The largest absolute Gasteiger partial charge is 0.392 e. The zero-order valence-corrected chi connectivity index (χ0v) is 11.6. The van der Waals surface area contributed by atoms with Crippen LogP contribution >= 0.6 is 0 Å². The molecule has 19 heavy (non-hydrogen) atoms. The van der Waals surface area contributed by atoms with Gasteiger partial charge in [0.1, 0.15) is 0 Å². The van der Waals surface area contributed by atoms with Crippen molar-refractivity contribution >= 4 is 5.69 Å². The molecule has 0 amide bonds. The van der Waals surface area contributed by atoms with E-state index in [1.807, 2.05) is 31.2 Å². The number of nitriles is 1. The molecule has 0 aliphatic carbocycles. The third-order valence-corrected chi connectivity index (χ3v) is 3.56. The van der Waals surface area contributed by atoms with E-state index in [0.717, 1.165) is 26.2 Å². The molecule has 1 N–H and O–H groups in total. The number of aliphatic hydroxyl groups is 1. The molecule has 1 aliphatic rings. The van der Waals surface area contributed by atoms with Crippen molar-refractivity contribution < 1.29 is 5.11 Å². The van der Waals surface area contributed by atoms with E-state index in [0.29, 0.717) is 11.6 Å². The average molecular weight is 259 g/mol. The molecule has 1 saturated heterocycles. The van der Waals surface area contributed by atoms with Crippen molar-refractivity contribution in [1.82, 2.24) is 4.90 Å². The number of aliphatic hydroxyl groups excluding tert-OH is 1. The fraction of sp³-hybridized carbons (Fsp3) is 0.533. The number of hydrogen-bond donors (Lipinski definition) is 1. The van der Waals surface area contributed by atoms with E-state index in [4.69, 9.17) is 5.26 Å². The van der Waals surface area contributed by atoms with Gasteiger partial charge in [0, 0.05) is 37.9 Å². The van der Waals surface area contributed by atoms with Crippen LogP contribution in [0.1, 0.15) is 19.4 Å². The summed E-state index contributed by atoms with van der Waals surface area (Å²) in [6.07, 6.45) is -0.270. The molecule has 1 aliphatic heterocycles. The van der Waals surface area contributed by atoms with Gasteiger partial charge in [-0.2, -0.15) is 5.26 Å². The lowest BCUT2D eigenvalue weighted by Crippen LogP contribution is -2.53. The van der Waals surface area contributed by atoms with Crippen LogP contribution in [-0.4, -0.2) is 48.3 Å². The summed E-state index contributed by atoms with van der Waals surface area (Å²) < 4.78 is 0. The van der Waals surface area contributed by atoms with E-state index in [-0.39, 0.29) is 6.10 Å². The summed E-state index contributed by atoms with van der Waals surface area (Å²) >= 11 is 0. The monoisotopic (exact) mass is 259 g/mol. The topological polar surface area (TPSA) is 50.5 Å². The normalized spacial score (nSPS) is 22.0. The smallest absolute Gasteiger partial charge is 0.0991 e. The summed E-state index contributed by atoms with van der Waals surface area (Å²) in [5.74, 6) is 0. The number of benzene rings is 1. The summed E-state index contributed by atoms with van der Waals surface area (Å²) in [6.45, 7) is 7.66. The second kappa shape index (κ2) is 6.05. The maximum absolute atomic E-state index is 9.45. The van der Waals surface area contributed by atoms with Gasteiger partial charge in [0.15, 0.2) is 0 Å². The maximum atomic E-state index is 9.45. The molecular formula is C15H21N3O. The third-order valence-electron chi connectivity index (χ3n) is 3.56. The fourth-order valence-electron chi connectivity index (χ4n) is 2.68. The predicted octanol–water partition coefficient (Wildman–Crippen LogP) is 1.45. The van der Waals surface area contributed by atoms with Crippen LogP contribution in [0.15, 0.2) is 24.3 Å². The van der Waals surface area contributed by atoms with Crippen molar-refractivity contribution in [3.05, 3.63) is 29.8 Å². The highest BCUT2D eigenvalue weighted by atomic mass is 16.3. The molecule has 2 atom stereocenters. The van der Waals surface area contributed by atoms with Gasteiger partial charge in [0.2, 0.25) is 0 Å². The van der Waals surface area contributed by atoms with Crippen LogP contribution in [0, 0.1) is 11.3 Å². The van der Waals surface area contributed by atoms with Gasteiger partial charge in [-0.3, -0.25) is 4.90 Å². The number of nitrogens with zero attached hydrogens (tertiary/aromatic N) is 3. The summed E-state index contributed by atoms with van der Waals surface area (Å²) in [6, 6.07) is 10.3. The van der Waals surface area contributed by atoms with Crippen LogP contribution in [0.3, 0.4) is 0 Å². The molecule has 0 saturated carbocycles. The van der Waals surface area contributed by atoms with Crippen LogP contribution in [0.5, 0.6) is 0 Å². The van der Waals surface area contributed by atoms with Gasteiger partial charge in [0.05, 0.1) is 17.7 Å². The molecular weight excluding hydrogens is 238 g/mol. The SMILES string of the molecule is CC(O)CN1CCN(c2ccc(C#N)cc2)C(C)C1. The Morgan fingerprint density at radius 2 is 2.05 bits per heavy atom. The Morgan fingerprint density at radius 3 is 2.58 bits per heavy atom. The van der Waals surface area contributed by atoms with Crippen molar-refractivity contribution in [2.45, 2.75) is 26.0 Å². The molecule has 4 nitrogen and oxygen atoms in total. The lowest BCUT2D eigenvalue weighted by Gasteiger charge is -2.41. The highest BCUT2D eigenvalue weighted by Gasteiger charge is 2.24. The first-order valence-corrected chi connectivity index (χ1v) is 6.77. The molecule has 2 unspecified atom stereocenters. The Hall–Kier alpha value is -1.57. The fourth-order valence-corrected chi connectivity index (χ4v) is 2.68. The first-order chi connectivity index (χ1) is 9.10. The Bertz CT molecular complexity index is 449. The van der Waals surface area contributed by atoms with Crippen molar-refractivity contribution in [2.24, 2.45) is 0 Å². The van der Waals surface area contributed by atoms with Gasteiger partial charge in [-0.15, -0.1) is 0 Å². The van der Waals surface area contributed by atoms with Crippen LogP contribution in [-0.2, 0) is 0 Å². The predicted molar refractivity (Wildman–Crippen MR) is 76.1 cm³/mol. The van der Waals surface area contributed by atoms with Gasteiger partial charge in [-0.1, -0.05) is 0 Å². The van der Waals surface area contributed by atoms with Crippen LogP contribution in [0.2, 0.25) is 0 Å². The number of piperazine rings is 1. The molecule has 2 rings (SSSR count). The molecule has 0 bridgehead atoms. The van der Waals surface area contributed by atoms with Gasteiger partial charge in [0.25, 0.3) is 0 Å². The standard InChI is InChI=1S/C15H21N3O/c1-12-10-17(11-13(2)19)7-8-18(12)15-5-3-14(9-16)4-6-15/h3-6,12-13,19H,7-8,10-11H2,1-2H3. The van der Waals surface area contributed by atoms with Crippen molar-refractivity contribution in [2.75, 3.05) is 31.1 Å². The van der Waals surface area contributed by atoms with E-state index in [9.17, 15) is 5.11 Å². The lowest BCUT2D eigenvalue weighted by molar-refractivity contribution is 0.115. The molecule has 1 aromatic rings. The summed E-state index contributed by atoms with van der Waals surface area (Å²) in [7, 11) is 0. The summed E-state index contributed by atoms with van der Waals surface area (Å²) in [5, 5.41) is 18.3. The number of rotatable bonds is 3. The lowest BCUT2D eigenvalue weighted by atomic mass is 10.1. The molecule has 0 aromatic heterocycles. The number of hydrogen-bond acceptors (Lipinski definition) is 4. The zero-order valence-electron chi connectivity index (χ0n) is 11.6. The number of β-amino-alcohol motifs (C(OH)–C–C–N with tert-alkyl or cyclic N) is 1. The molecule has 1 heterocycles. The Kier molecular flexibility index (Phi) is 4.41. The summed E-state index contributed by atoms with van der Waals surface area (Å²) in [5.41, 5.74) is 1.87. The highest BCUT2D eigenvalue weighted by molar-refractivity contribution is 5.50.